The van der Waals surface area contributed by atoms with Gasteiger partial charge in [0, 0.05) is 25.2 Å². The summed E-state index contributed by atoms with van der Waals surface area (Å²) in [5, 5.41) is 11.6. The molecule has 1 heterocycles. The van der Waals surface area contributed by atoms with E-state index < -0.39 is 11.0 Å². The summed E-state index contributed by atoms with van der Waals surface area (Å²) in [6, 6.07) is 10.4. The topological polar surface area (TPSA) is 98.3 Å². The van der Waals surface area contributed by atoms with E-state index in [2.05, 4.69) is 0 Å². The van der Waals surface area contributed by atoms with Crippen LogP contribution in [0.2, 0.25) is 5.02 Å². The van der Waals surface area contributed by atoms with Gasteiger partial charge in [0.1, 0.15) is 5.82 Å². The lowest BCUT2D eigenvalue weighted by Crippen LogP contribution is -2.38. The molecule has 1 atom stereocenters. The van der Waals surface area contributed by atoms with Crippen molar-refractivity contribution in [3.8, 4) is 0 Å². The predicted octanol–water partition coefficient (Wildman–Crippen LogP) is 4.98. The fraction of sp³-hybridized carbons (Fsp3) is 0.348. The lowest BCUT2D eigenvalue weighted by Gasteiger charge is -2.30. The molecule has 9 heteroatoms. The number of halogens is 1. The number of nitro groups is 1. The summed E-state index contributed by atoms with van der Waals surface area (Å²) in [7, 11) is 0. The standard InChI is InChI=1S/C23H25ClN4O4/c1-4-6-13-27(22(29)17-12-11-16(28(31)32)14-19(17)24)15(3)21-25-20-10-8-7-9-18(20)23(30)26(21)5-2/h7-12,14-15H,4-6,13H2,1-3H3. The summed E-state index contributed by atoms with van der Waals surface area (Å²) in [6.07, 6.45) is 1.60. The van der Waals surface area contributed by atoms with Crippen molar-refractivity contribution in [2.24, 2.45) is 0 Å². The summed E-state index contributed by atoms with van der Waals surface area (Å²) in [5.41, 5.74) is 0.402. The molecule has 32 heavy (non-hydrogen) atoms. The maximum Gasteiger partial charge on any atom is 0.270 e. The van der Waals surface area contributed by atoms with E-state index in [1.54, 1.807) is 27.7 Å². The molecule has 0 saturated carbocycles. The minimum atomic E-state index is -0.559. The van der Waals surface area contributed by atoms with E-state index >= 15 is 0 Å². The van der Waals surface area contributed by atoms with Crippen molar-refractivity contribution in [1.29, 1.82) is 0 Å². The Kier molecular flexibility index (Phi) is 7.25. The van der Waals surface area contributed by atoms with Gasteiger partial charge < -0.3 is 4.90 Å². The molecule has 0 saturated heterocycles. The fourth-order valence-electron chi connectivity index (χ4n) is 3.69. The molecule has 1 amide bonds. The lowest BCUT2D eigenvalue weighted by atomic mass is 10.1. The monoisotopic (exact) mass is 456 g/mol. The molecule has 0 aliphatic carbocycles. The number of non-ortho nitro benzene ring substituents is 1. The SMILES string of the molecule is CCCCN(C(=O)c1ccc([N+](=O)[O-])cc1Cl)C(C)c1nc2ccccc2c(=O)n1CC. The minimum absolute atomic E-state index is 0.0113. The Labute approximate surface area is 190 Å². The molecule has 0 aliphatic rings. The van der Waals surface area contributed by atoms with Gasteiger partial charge in [0.2, 0.25) is 0 Å². The number of para-hydroxylation sites is 1. The average Bonchev–Trinajstić information content (AvgIpc) is 2.78. The highest BCUT2D eigenvalue weighted by molar-refractivity contribution is 6.34. The Bertz CT molecular complexity index is 1220. The van der Waals surface area contributed by atoms with Crippen LogP contribution < -0.4 is 5.56 Å². The second-order valence-electron chi connectivity index (χ2n) is 7.49. The van der Waals surface area contributed by atoms with Gasteiger partial charge in [-0.2, -0.15) is 0 Å². The zero-order valence-corrected chi connectivity index (χ0v) is 19.0. The van der Waals surface area contributed by atoms with Gasteiger partial charge in [-0.1, -0.05) is 37.1 Å². The normalized spacial score (nSPS) is 12.0. The number of fused-ring (bicyclic) bond motifs is 1. The first kappa shape index (κ1) is 23.4. The van der Waals surface area contributed by atoms with Gasteiger partial charge in [0.25, 0.3) is 17.2 Å². The molecule has 0 N–H and O–H groups in total. The van der Waals surface area contributed by atoms with E-state index in [0.717, 1.165) is 12.8 Å². The van der Waals surface area contributed by atoms with Gasteiger partial charge in [-0.3, -0.25) is 24.3 Å². The van der Waals surface area contributed by atoms with Gasteiger partial charge in [0.05, 0.1) is 32.5 Å². The van der Waals surface area contributed by atoms with Crippen molar-refractivity contribution >= 4 is 34.1 Å². The van der Waals surface area contributed by atoms with Gasteiger partial charge >= 0.3 is 0 Å². The molecule has 3 aromatic rings. The number of amides is 1. The van der Waals surface area contributed by atoms with Crippen LogP contribution in [0.4, 0.5) is 5.69 Å². The zero-order valence-electron chi connectivity index (χ0n) is 18.2. The van der Waals surface area contributed by atoms with Crippen molar-refractivity contribution in [2.45, 2.75) is 46.2 Å². The van der Waals surface area contributed by atoms with Gasteiger partial charge in [-0.25, -0.2) is 4.98 Å². The van der Waals surface area contributed by atoms with Gasteiger partial charge in [0.15, 0.2) is 0 Å². The van der Waals surface area contributed by atoms with Gasteiger partial charge in [-0.15, -0.1) is 0 Å². The number of nitrogens with zero attached hydrogens (tertiary/aromatic N) is 4. The third-order valence-corrected chi connectivity index (χ3v) is 5.77. The van der Waals surface area contributed by atoms with Crippen molar-refractivity contribution in [3.05, 3.63) is 79.3 Å². The third-order valence-electron chi connectivity index (χ3n) is 5.46. The van der Waals surface area contributed by atoms with E-state index in [1.165, 1.54) is 18.2 Å². The van der Waals surface area contributed by atoms with E-state index in [9.17, 15) is 19.7 Å². The summed E-state index contributed by atoms with van der Waals surface area (Å²) in [4.78, 5) is 43.3. The molecule has 168 valence electrons. The Balaban J connectivity index is 2.09. The van der Waals surface area contributed by atoms with E-state index in [1.807, 2.05) is 26.8 Å². The second-order valence-corrected chi connectivity index (χ2v) is 7.89. The summed E-state index contributed by atoms with van der Waals surface area (Å²) in [5.74, 6) is 0.120. The van der Waals surface area contributed by atoms with Crippen LogP contribution in [-0.2, 0) is 6.54 Å². The molecule has 0 bridgehead atoms. The molecular formula is C23H25ClN4O4. The van der Waals surface area contributed by atoms with Crippen molar-refractivity contribution in [1.82, 2.24) is 14.5 Å². The Morgan fingerprint density at radius 3 is 2.59 bits per heavy atom. The number of rotatable bonds is 8. The van der Waals surface area contributed by atoms with E-state index in [4.69, 9.17) is 16.6 Å². The molecule has 0 aliphatic heterocycles. The number of aromatic nitrogens is 2. The first-order valence-electron chi connectivity index (χ1n) is 10.5. The van der Waals surface area contributed by atoms with Gasteiger partial charge in [-0.05, 0) is 38.5 Å². The van der Waals surface area contributed by atoms with Crippen LogP contribution in [0.5, 0.6) is 0 Å². The van der Waals surface area contributed by atoms with Crippen LogP contribution >= 0.6 is 11.6 Å². The lowest BCUT2D eigenvalue weighted by molar-refractivity contribution is -0.384. The molecular weight excluding hydrogens is 432 g/mol. The average molecular weight is 457 g/mol. The molecule has 0 spiro atoms. The van der Waals surface area contributed by atoms with Crippen LogP contribution in [-0.4, -0.2) is 31.8 Å². The van der Waals surface area contributed by atoms with Crippen molar-refractivity contribution in [2.75, 3.05) is 6.54 Å². The molecule has 2 aromatic carbocycles. The molecule has 3 rings (SSSR count). The molecule has 0 radical (unpaired) electrons. The Morgan fingerprint density at radius 1 is 1.25 bits per heavy atom. The maximum atomic E-state index is 13.5. The molecule has 0 fully saturated rings. The van der Waals surface area contributed by atoms with Crippen LogP contribution in [0.15, 0.2) is 47.3 Å². The zero-order chi connectivity index (χ0) is 23.4. The number of unbranched alkanes of at least 4 members (excludes halogenated alkanes) is 1. The first-order chi connectivity index (χ1) is 15.3. The number of nitro benzene ring substituents is 1. The van der Waals surface area contributed by atoms with Crippen LogP contribution in [0, 0.1) is 10.1 Å². The fourth-order valence-corrected chi connectivity index (χ4v) is 3.95. The molecule has 8 nitrogen and oxygen atoms in total. The minimum Gasteiger partial charge on any atom is -0.329 e. The number of hydrogen-bond acceptors (Lipinski definition) is 5. The predicted molar refractivity (Wildman–Crippen MR) is 124 cm³/mol. The molecule has 1 aromatic heterocycles. The highest BCUT2D eigenvalue weighted by Crippen LogP contribution is 2.28. The Morgan fingerprint density at radius 2 is 1.97 bits per heavy atom. The van der Waals surface area contributed by atoms with Crippen LogP contribution in [0.3, 0.4) is 0 Å². The van der Waals surface area contributed by atoms with E-state index in [0.29, 0.717) is 29.8 Å². The second kappa shape index (κ2) is 9.91. The van der Waals surface area contributed by atoms with Crippen molar-refractivity contribution < 1.29 is 9.72 Å². The Hall–Kier alpha value is -3.26. The number of benzene rings is 2. The summed E-state index contributed by atoms with van der Waals surface area (Å²) in [6.45, 7) is 6.54. The summed E-state index contributed by atoms with van der Waals surface area (Å²) >= 11 is 6.24. The number of carbonyl (C=O) groups is 1. The third kappa shape index (κ3) is 4.50. The maximum absolute atomic E-state index is 13.5. The number of carbonyl (C=O) groups excluding carboxylic acids is 1. The highest BCUT2D eigenvalue weighted by Gasteiger charge is 2.28. The quantitative estimate of drug-likeness (QED) is 0.351. The highest BCUT2D eigenvalue weighted by atomic mass is 35.5. The van der Waals surface area contributed by atoms with Crippen LogP contribution in [0.25, 0.3) is 10.9 Å². The van der Waals surface area contributed by atoms with Crippen LogP contribution in [0.1, 0.15) is 55.8 Å². The molecule has 1 unspecified atom stereocenters. The smallest absolute Gasteiger partial charge is 0.270 e. The first-order valence-corrected chi connectivity index (χ1v) is 10.9. The van der Waals surface area contributed by atoms with Crippen molar-refractivity contribution in [3.63, 3.8) is 0 Å². The number of hydrogen-bond donors (Lipinski definition) is 0. The summed E-state index contributed by atoms with van der Waals surface area (Å²) < 4.78 is 1.58. The largest absolute Gasteiger partial charge is 0.329 e. The van der Waals surface area contributed by atoms with E-state index in [-0.39, 0.29) is 27.7 Å².